The van der Waals surface area contributed by atoms with Crippen molar-refractivity contribution >= 4 is 38.7 Å². The molecule has 0 saturated heterocycles. The first kappa shape index (κ1) is 14.1. The first-order valence-electron chi connectivity index (χ1n) is 4.68. The number of ketones is 1. The van der Waals surface area contributed by atoms with E-state index >= 15 is 0 Å². The molecule has 94 valence electrons. The lowest BCUT2D eigenvalue weighted by molar-refractivity contribution is 0.0996. The van der Waals surface area contributed by atoms with Gasteiger partial charge in [0.2, 0.25) is 0 Å². The predicted octanol–water partition coefficient (Wildman–Crippen LogP) is 1.87. The molecule has 0 aliphatic heterocycles. The Bertz CT molecular complexity index is 450. The second-order valence-corrected chi connectivity index (χ2v) is 5.28. The van der Waals surface area contributed by atoms with Crippen molar-refractivity contribution in [3.8, 4) is 5.75 Å². The van der Waals surface area contributed by atoms with Crippen molar-refractivity contribution in [2.45, 2.75) is 11.8 Å². The largest absolute Gasteiger partial charge is 0.755 e. The number of benzene rings is 1. The lowest BCUT2D eigenvalue weighted by atomic mass is 10.1. The zero-order valence-electron chi connectivity index (χ0n) is 9.23. The minimum Gasteiger partial charge on any atom is -0.755 e. The number of halogens is 1. The summed E-state index contributed by atoms with van der Waals surface area (Å²) >= 11 is 0.701. The number of methoxy groups -OCH3 is 1. The Balaban J connectivity index is 3.12. The summed E-state index contributed by atoms with van der Waals surface area (Å²) < 4.78 is 28.3. The fourth-order valence-corrected chi connectivity index (χ4v) is 1.86. The van der Waals surface area contributed by atoms with Gasteiger partial charge < -0.3 is 14.0 Å². The summed E-state index contributed by atoms with van der Waals surface area (Å²) in [6.07, 6.45) is 0. The van der Waals surface area contributed by atoms with Gasteiger partial charge in [0.25, 0.3) is 0 Å². The van der Waals surface area contributed by atoms with E-state index in [-0.39, 0.29) is 16.3 Å². The van der Waals surface area contributed by atoms with E-state index in [1.165, 1.54) is 19.2 Å². The van der Waals surface area contributed by atoms with Gasteiger partial charge in [-0.15, -0.1) is 0 Å². The van der Waals surface area contributed by atoms with Gasteiger partial charge in [-0.2, -0.15) is 0 Å². The summed E-state index contributed by atoms with van der Waals surface area (Å²) in [7, 11) is 1.42. The van der Waals surface area contributed by atoms with Crippen LogP contribution in [0.4, 0.5) is 5.69 Å². The van der Waals surface area contributed by atoms with Crippen molar-refractivity contribution in [3.05, 3.63) is 23.8 Å². The van der Waals surface area contributed by atoms with Gasteiger partial charge >= 0.3 is 0 Å². The summed E-state index contributed by atoms with van der Waals surface area (Å²) in [5.74, 6) is 0.223. The van der Waals surface area contributed by atoms with E-state index in [9.17, 15) is 13.6 Å². The average Bonchev–Trinajstić information content (AvgIpc) is 2.27. The van der Waals surface area contributed by atoms with Gasteiger partial charge in [-0.1, -0.05) is 15.9 Å². The van der Waals surface area contributed by atoms with Gasteiger partial charge in [-0.05, 0) is 25.1 Å². The van der Waals surface area contributed by atoms with Crippen LogP contribution in [-0.2, 0) is 11.3 Å². The summed E-state index contributed by atoms with van der Waals surface area (Å²) in [5, 5.41) is 0. The number of carbonyl (C=O) groups is 1. The fraction of sp³-hybridized carbons (Fsp3) is 0.300. The summed E-state index contributed by atoms with van der Waals surface area (Å²) in [4.78, 5) is 11.4. The minimum atomic E-state index is -2.46. The molecule has 7 heteroatoms. The van der Waals surface area contributed by atoms with Crippen molar-refractivity contribution in [3.63, 3.8) is 0 Å². The fourth-order valence-electron chi connectivity index (χ4n) is 1.26. The van der Waals surface area contributed by atoms with E-state index in [4.69, 9.17) is 4.74 Å². The molecule has 0 aromatic heterocycles. The van der Waals surface area contributed by atoms with Crippen LogP contribution >= 0.6 is 15.9 Å². The molecule has 0 bridgehead atoms. The molecule has 1 rings (SSSR count). The summed E-state index contributed by atoms with van der Waals surface area (Å²) in [6, 6.07) is 4.56. The van der Waals surface area contributed by atoms with Crippen molar-refractivity contribution < 1.29 is 18.3 Å². The van der Waals surface area contributed by atoms with Crippen LogP contribution in [0.15, 0.2) is 18.2 Å². The molecular formula is C10H11BrNO4S-. The van der Waals surface area contributed by atoms with Crippen molar-refractivity contribution in [1.29, 1.82) is 0 Å². The predicted molar refractivity (Wildman–Crippen MR) is 68.3 cm³/mol. The highest BCUT2D eigenvalue weighted by atomic mass is 79.9. The molecule has 0 fully saturated rings. The van der Waals surface area contributed by atoms with Crippen LogP contribution in [0.1, 0.15) is 17.3 Å². The number of nitrogens with one attached hydrogen (secondary N) is 1. The number of ether oxygens (including phenoxy) is 1. The Morgan fingerprint density at radius 1 is 1.59 bits per heavy atom. The molecule has 5 nitrogen and oxygen atoms in total. The number of hydrogen-bond donors (Lipinski definition) is 1. The van der Waals surface area contributed by atoms with Gasteiger partial charge in [-0.25, -0.2) is 0 Å². The van der Waals surface area contributed by atoms with Crippen molar-refractivity contribution in [1.82, 2.24) is 0 Å². The van der Waals surface area contributed by atoms with Crippen LogP contribution in [0.3, 0.4) is 0 Å². The molecule has 0 aliphatic rings. The van der Waals surface area contributed by atoms with E-state index in [1.54, 1.807) is 13.0 Å². The van der Waals surface area contributed by atoms with Gasteiger partial charge in [0.15, 0.2) is 5.78 Å². The number of alkyl halides is 1. The van der Waals surface area contributed by atoms with Crippen molar-refractivity contribution in [2.75, 3.05) is 11.8 Å². The second kappa shape index (κ2) is 6.13. The van der Waals surface area contributed by atoms with E-state index in [1.807, 2.05) is 0 Å². The Morgan fingerprint density at radius 3 is 2.71 bits per heavy atom. The third-order valence-corrected chi connectivity index (χ3v) is 2.84. The maximum Gasteiger partial charge on any atom is 0.176 e. The van der Waals surface area contributed by atoms with Gasteiger partial charge in [0.05, 0.1) is 17.6 Å². The van der Waals surface area contributed by atoms with Crippen LogP contribution in [0.5, 0.6) is 5.75 Å². The van der Waals surface area contributed by atoms with Crippen LogP contribution in [0, 0.1) is 0 Å². The van der Waals surface area contributed by atoms with Gasteiger partial charge in [0.1, 0.15) is 5.75 Å². The molecule has 0 amide bonds. The highest BCUT2D eigenvalue weighted by Gasteiger charge is 2.14. The summed E-state index contributed by atoms with van der Waals surface area (Å²) in [6.45, 7) is 1.70. The minimum absolute atomic E-state index is 0.132. The van der Waals surface area contributed by atoms with Gasteiger partial charge in [-0.3, -0.25) is 9.00 Å². The third-order valence-electron chi connectivity index (χ3n) is 2.04. The Labute approximate surface area is 110 Å². The molecule has 0 heterocycles. The lowest BCUT2D eigenvalue weighted by Crippen LogP contribution is -2.11. The quantitative estimate of drug-likeness (QED) is 0.510. The maximum atomic E-state index is 11.7. The number of carbonyl (C=O) groups excluding carboxylic acids is 1. The number of hydrogen-bond acceptors (Lipinski definition) is 4. The summed E-state index contributed by atoms with van der Waals surface area (Å²) in [5.41, 5.74) is 0.642. The molecule has 1 unspecified atom stereocenters. The molecule has 1 aromatic carbocycles. The molecule has 17 heavy (non-hydrogen) atoms. The first-order valence-corrected chi connectivity index (χ1v) is 6.67. The van der Waals surface area contributed by atoms with Crippen LogP contribution in [0.25, 0.3) is 0 Å². The zero-order valence-corrected chi connectivity index (χ0v) is 11.6. The van der Waals surface area contributed by atoms with E-state index in [0.29, 0.717) is 11.3 Å². The van der Waals surface area contributed by atoms with Crippen LogP contribution in [-0.4, -0.2) is 26.5 Å². The molecule has 0 saturated carbocycles. The van der Waals surface area contributed by atoms with Crippen molar-refractivity contribution in [2.24, 2.45) is 0 Å². The third kappa shape index (κ3) is 3.79. The monoisotopic (exact) mass is 320 g/mol. The van der Waals surface area contributed by atoms with Crippen LogP contribution in [0.2, 0.25) is 0 Å². The van der Waals surface area contributed by atoms with E-state index in [0.717, 1.165) is 0 Å². The van der Waals surface area contributed by atoms with E-state index in [2.05, 4.69) is 20.7 Å². The molecular weight excluding hydrogens is 310 g/mol. The number of Topliss-reactive ketones (excluding diaryl/α,β-unsaturated/α-hetero) is 1. The topological polar surface area (TPSA) is 78.5 Å². The Kier molecular flexibility index (Phi) is 5.10. The molecule has 1 aromatic rings. The second-order valence-electron chi connectivity index (χ2n) is 3.23. The standard InChI is InChI=1S/C10H12BrNO4S/c1-6(11)10(13)7-3-4-9(16-2)8(5-7)12-17(14)15/h3-6,12H,1-2H3,(H,14,15)/p-1/t6-/m0/s1. The maximum absolute atomic E-state index is 11.7. The molecule has 2 atom stereocenters. The lowest BCUT2D eigenvalue weighted by Gasteiger charge is -2.14. The molecule has 0 aliphatic carbocycles. The average molecular weight is 321 g/mol. The highest BCUT2D eigenvalue weighted by Crippen LogP contribution is 2.26. The Morgan fingerprint density at radius 2 is 2.24 bits per heavy atom. The molecule has 0 radical (unpaired) electrons. The smallest absolute Gasteiger partial charge is 0.176 e. The molecule has 0 spiro atoms. The molecule has 1 N–H and O–H groups in total. The normalized spacial score (nSPS) is 13.9. The first-order chi connectivity index (χ1) is 7.95. The van der Waals surface area contributed by atoms with Crippen LogP contribution < -0.4 is 9.46 Å². The number of rotatable bonds is 5. The Hall–Kier alpha value is -0.920. The van der Waals surface area contributed by atoms with E-state index < -0.39 is 11.3 Å². The SMILES string of the molecule is COc1ccc(C(=O)[C@H](C)Br)cc1NS(=O)[O-]. The zero-order chi connectivity index (χ0) is 13.0. The number of anilines is 1. The highest BCUT2D eigenvalue weighted by molar-refractivity contribution is 9.10. The van der Waals surface area contributed by atoms with Gasteiger partial charge in [0, 0.05) is 16.8 Å².